The van der Waals surface area contributed by atoms with E-state index in [0.717, 1.165) is 32.1 Å². The normalized spacial score (nSPS) is 32.7. The van der Waals surface area contributed by atoms with E-state index in [2.05, 4.69) is 38.8 Å². The minimum absolute atomic E-state index is 0.1000. The molecule has 0 radical (unpaired) electrons. The van der Waals surface area contributed by atoms with Gasteiger partial charge in [-0.2, -0.15) is 0 Å². The van der Waals surface area contributed by atoms with Gasteiger partial charge < -0.3 is 4.74 Å². The van der Waals surface area contributed by atoms with Crippen LogP contribution in [0.4, 0.5) is 5.69 Å². The molecule has 5 nitrogen and oxygen atoms in total. The highest BCUT2D eigenvalue weighted by atomic mass is 79.9. The Hall–Kier alpha value is -1.21. The highest BCUT2D eigenvalue weighted by Crippen LogP contribution is 2.60. The van der Waals surface area contributed by atoms with Crippen molar-refractivity contribution in [2.75, 3.05) is 4.90 Å². The van der Waals surface area contributed by atoms with Gasteiger partial charge in [-0.1, -0.05) is 58.0 Å². The number of anilines is 1. The molecule has 1 aliphatic heterocycles. The maximum atomic E-state index is 13.1. The molecule has 0 aromatic heterocycles. The Morgan fingerprint density at radius 1 is 1.00 bits per heavy atom. The summed E-state index contributed by atoms with van der Waals surface area (Å²) in [6.07, 6.45) is 5.42. The number of alkyl halides is 2. The standard InChI is InChI=1S/C22H25Br2NO4/c1-2-3-4-5-6-16(26)29-13-9-7-12(8-10-13)25-21(27)17-14-11-15(18(17)22(25)28)20(24)19(14)23/h7-10,14-15,17-20H,2-6,11H2,1H3/t14-,15-,17+,18+,19-,20-/m1/s1. The van der Waals surface area contributed by atoms with Crippen molar-refractivity contribution in [2.24, 2.45) is 23.7 Å². The molecule has 2 bridgehead atoms. The number of nitrogens with zero attached hydrogens (tertiary/aromatic N) is 1. The van der Waals surface area contributed by atoms with Gasteiger partial charge in [-0.15, -0.1) is 0 Å². The maximum Gasteiger partial charge on any atom is 0.311 e. The van der Waals surface area contributed by atoms with Crippen LogP contribution in [0.2, 0.25) is 0 Å². The first-order valence-corrected chi connectivity index (χ1v) is 12.2. The lowest BCUT2D eigenvalue weighted by Gasteiger charge is -2.28. The van der Waals surface area contributed by atoms with Gasteiger partial charge in [-0.3, -0.25) is 19.3 Å². The number of carbonyl (C=O) groups is 3. The van der Waals surface area contributed by atoms with E-state index < -0.39 is 0 Å². The average molecular weight is 527 g/mol. The second-order valence-corrected chi connectivity index (χ2v) is 10.4. The summed E-state index contributed by atoms with van der Waals surface area (Å²) in [5, 5.41) is 0. The predicted octanol–water partition coefficient (Wildman–Crippen LogP) is 4.84. The molecule has 1 aromatic carbocycles. The van der Waals surface area contributed by atoms with E-state index in [4.69, 9.17) is 4.74 Å². The van der Waals surface area contributed by atoms with Crippen LogP contribution in [-0.2, 0) is 14.4 Å². The molecule has 6 atom stereocenters. The third-order valence-corrected chi connectivity index (χ3v) is 9.75. The zero-order valence-corrected chi connectivity index (χ0v) is 19.5. The molecule has 3 fully saturated rings. The number of unbranched alkanes of at least 4 members (excludes halogenated alkanes) is 3. The van der Waals surface area contributed by atoms with Crippen molar-refractivity contribution in [3.05, 3.63) is 24.3 Å². The summed E-state index contributed by atoms with van der Waals surface area (Å²) in [6.45, 7) is 2.13. The maximum absolute atomic E-state index is 13.1. The first-order chi connectivity index (χ1) is 13.9. The van der Waals surface area contributed by atoms with Crippen molar-refractivity contribution < 1.29 is 19.1 Å². The molecule has 0 N–H and O–H groups in total. The Morgan fingerprint density at radius 2 is 1.59 bits per heavy atom. The number of imide groups is 1. The fourth-order valence-electron chi connectivity index (χ4n) is 5.15. The van der Waals surface area contributed by atoms with Gasteiger partial charge in [0.05, 0.1) is 17.5 Å². The topological polar surface area (TPSA) is 63.7 Å². The average Bonchev–Trinajstić information content (AvgIpc) is 3.31. The lowest BCUT2D eigenvalue weighted by atomic mass is 9.81. The van der Waals surface area contributed by atoms with E-state index in [9.17, 15) is 14.4 Å². The number of esters is 1. The van der Waals surface area contributed by atoms with Crippen LogP contribution in [0.15, 0.2) is 24.3 Å². The first kappa shape index (κ1) is 21.0. The van der Waals surface area contributed by atoms with Crippen LogP contribution in [0, 0.1) is 23.7 Å². The lowest BCUT2D eigenvalue weighted by molar-refractivity contribution is -0.134. The van der Waals surface area contributed by atoms with Gasteiger partial charge in [0.15, 0.2) is 0 Å². The number of benzene rings is 1. The number of amides is 2. The Bertz CT molecular complexity index is 780. The number of carbonyl (C=O) groups excluding carboxylic acids is 3. The third-order valence-electron chi connectivity index (χ3n) is 6.55. The molecule has 2 saturated carbocycles. The zero-order chi connectivity index (χ0) is 20.7. The summed E-state index contributed by atoms with van der Waals surface area (Å²) >= 11 is 7.40. The Kier molecular flexibility index (Phi) is 6.17. The molecule has 1 saturated heterocycles. The SMILES string of the molecule is CCCCCCC(=O)Oc1ccc(N2C(=O)[C@H]3[C@H]4C[C@@H]([C@@H](Br)[C@@H]4Br)[C@@H]3C2=O)cc1. The van der Waals surface area contributed by atoms with Crippen LogP contribution >= 0.6 is 31.9 Å². The fourth-order valence-corrected chi connectivity index (χ4v) is 7.02. The van der Waals surface area contributed by atoms with Crippen molar-refractivity contribution in [1.82, 2.24) is 0 Å². The van der Waals surface area contributed by atoms with Gasteiger partial charge in [0.25, 0.3) is 0 Å². The second kappa shape index (κ2) is 8.50. The van der Waals surface area contributed by atoms with Gasteiger partial charge in [-0.05, 0) is 48.9 Å². The van der Waals surface area contributed by atoms with Crippen LogP contribution < -0.4 is 9.64 Å². The molecule has 1 heterocycles. The smallest absolute Gasteiger partial charge is 0.311 e. The minimum atomic E-state index is -0.250. The van der Waals surface area contributed by atoms with Crippen molar-refractivity contribution in [3.63, 3.8) is 0 Å². The Labute approximate surface area is 187 Å². The molecule has 2 aliphatic carbocycles. The van der Waals surface area contributed by atoms with Gasteiger partial charge in [0.2, 0.25) is 11.8 Å². The molecule has 4 rings (SSSR count). The van der Waals surface area contributed by atoms with Gasteiger partial charge >= 0.3 is 5.97 Å². The van der Waals surface area contributed by atoms with E-state index in [1.807, 2.05) is 0 Å². The molecular weight excluding hydrogens is 502 g/mol. The summed E-state index contributed by atoms with van der Waals surface area (Å²) in [7, 11) is 0. The van der Waals surface area contributed by atoms with Crippen molar-refractivity contribution >= 4 is 55.3 Å². The highest BCUT2D eigenvalue weighted by molar-refractivity contribution is 9.12. The Morgan fingerprint density at radius 3 is 2.14 bits per heavy atom. The van der Waals surface area contributed by atoms with Crippen molar-refractivity contribution in [2.45, 2.75) is 55.1 Å². The number of hydrogen-bond donors (Lipinski definition) is 0. The monoisotopic (exact) mass is 525 g/mol. The first-order valence-electron chi connectivity index (χ1n) is 10.4. The van der Waals surface area contributed by atoms with E-state index in [1.165, 1.54) is 4.90 Å². The van der Waals surface area contributed by atoms with E-state index in [1.54, 1.807) is 24.3 Å². The quantitative estimate of drug-likeness (QED) is 0.167. The number of hydrogen-bond acceptors (Lipinski definition) is 4. The van der Waals surface area contributed by atoms with Crippen molar-refractivity contribution in [3.8, 4) is 5.75 Å². The van der Waals surface area contributed by atoms with E-state index >= 15 is 0 Å². The molecule has 1 aromatic rings. The van der Waals surface area contributed by atoms with Crippen LogP contribution in [0.3, 0.4) is 0 Å². The number of fused-ring (bicyclic) bond motifs is 5. The molecule has 29 heavy (non-hydrogen) atoms. The molecule has 7 heteroatoms. The number of ether oxygens (including phenoxy) is 1. The summed E-state index contributed by atoms with van der Waals surface area (Å²) in [5.74, 6) is -0.0752. The second-order valence-electron chi connectivity index (χ2n) is 8.29. The molecular formula is C22H25Br2NO4. The number of halogens is 2. The van der Waals surface area contributed by atoms with Crippen LogP contribution in [0.1, 0.15) is 45.4 Å². The lowest BCUT2D eigenvalue weighted by Crippen LogP contribution is -2.37. The molecule has 2 amide bonds. The predicted molar refractivity (Wildman–Crippen MR) is 117 cm³/mol. The highest BCUT2D eigenvalue weighted by Gasteiger charge is 2.66. The largest absolute Gasteiger partial charge is 0.427 e. The molecule has 0 spiro atoms. The van der Waals surface area contributed by atoms with E-state index in [-0.39, 0.29) is 51.1 Å². The third kappa shape index (κ3) is 3.69. The van der Waals surface area contributed by atoms with Crippen LogP contribution in [0.25, 0.3) is 0 Å². The van der Waals surface area contributed by atoms with Crippen LogP contribution in [-0.4, -0.2) is 27.4 Å². The molecule has 156 valence electrons. The Balaban J connectivity index is 1.42. The van der Waals surface area contributed by atoms with Gasteiger partial charge in [-0.25, -0.2) is 0 Å². The van der Waals surface area contributed by atoms with Crippen molar-refractivity contribution in [1.29, 1.82) is 0 Å². The summed E-state index contributed by atoms with van der Waals surface area (Å²) in [4.78, 5) is 39.8. The number of rotatable bonds is 7. The van der Waals surface area contributed by atoms with Gasteiger partial charge in [0, 0.05) is 16.1 Å². The summed E-state index contributed by atoms with van der Waals surface area (Å²) in [6, 6.07) is 6.69. The zero-order valence-electron chi connectivity index (χ0n) is 16.4. The molecule has 0 unspecified atom stereocenters. The van der Waals surface area contributed by atoms with Crippen LogP contribution in [0.5, 0.6) is 5.75 Å². The minimum Gasteiger partial charge on any atom is -0.427 e. The summed E-state index contributed by atoms with van der Waals surface area (Å²) in [5.41, 5.74) is 0.550. The fraction of sp³-hybridized carbons (Fsp3) is 0.591. The summed E-state index contributed by atoms with van der Waals surface area (Å²) < 4.78 is 5.37. The molecule has 3 aliphatic rings. The van der Waals surface area contributed by atoms with E-state index in [0.29, 0.717) is 17.9 Å². The van der Waals surface area contributed by atoms with Gasteiger partial charge in [0.1, 0.15) is 5.75 Å².